The maximum atomic E-state index is 12.5. The molecule has 0 radical (unpaired) electrons. The summed E-state index contributed by atoms with van der Waals surface area (Å²) in [6.07, 6.45) is 2.89. The van der Waals surface area contributed by atoms with Gasteiger partial charge in [0.15, 0.2) is 0 Å². The van der Waals surface area contributed by atoms with E-state index >= 15 is 0 Å². The van der Waals surface area contributed by atoms with E-state index in [1.165, 1.54) is 5.56 Å². The molecule has 1 aliphatic rings. The second-order valence-electron chi connectivity index (χ2n) is 6.31. The Morgan fingerprint density at radius 3 is 2.55 bits per heavy atom. The van der Waals surface area contributed by atoms with Crippen LogP contribution in [0.1, 0.15) is 51.5 Å². The Morgan fingerprint density at radius 1 is 1.30 bits per heavy atom. The summed E-state index contributed by atoms with van der Waals surface area (Å²) in [5.41, 5.74) is 7.66. The predicted octanol–water partition coefficient (Wildman–Crippen LogP) is 3.41. The third-order valence-corrected chi connectivity index (χ3v) is 4.38. The Kier molecular flexibility index (Phi) is 4.69. The summed E-state index contributed by atoms with van der Waals surface area (Å²) in [4.78, 5) is 14.6. The Hall–Kier alpha value is -1.51. The van der Waals surface area contributed by atoms with Crippen LogP contribution >= 0.6 is 0 Å². The minimum Gasteiger partial charge on any atom is -0.399 e. The summed E-state index contributed by atoms with van der Waals surface area (Å²) in [5.74, 6) is 1.09. The van der Waals surface area contributed by atoms with Crippen molar-refractivity contribution in [3.05, 3.63) is 29.8 Å². The van der Waals surface area contributed by atoms with Gasteiger partial charge in [0.1, 0.15) is 0 Å². The minimum absolute atomic E-state index is 0.247. The molecule has 0 bridgehead atoms. The largest absolute Gasteiger partial charge is 0.399 e. The summed E-state index contributed by atoms with van der Waals surface area (Å²) in [5, 5.41) is 0. The molecular weight excluding hydrogens is 248 g/mol. The van der Waals surface area contributed by atoms with E-state index in [2.05, 4.69) is 25.7 Å². The summed E-state index contributed by atoms with van der Waals surface area (Å²) in [6.45, 7) is 7.46. The Labute approximate surface area is 122 Å². The SMILES string of the molecule is CC(CC(=O)N1CCCC1C(C)C)c1ccc(N)cc1. The van der Waals surface area contributed by atoms with Crippen LogP contribution in [-0.4, -0.2) is 23.4 Å². The fourth-order valence-electron chi connectivity index (χ4n) is 3.12. The van der Waals surface area contributed by atoms with Crippen molar-refractivity contribution in [3.8, 4) is 0 Å². The van der Waals surface area contributed by atoms with Crippen molar-refractivity contribution in [2.24, 2.45) is 5.92 Å². The van der Waals surface area contributed by atoms with Crippen LogP contribution in [0.5, 0.6) is 0 Å². The number of benzene rings is 1. The van der Waals surface area contributed by atoms with Crippen LogP contribution in [-0.2, 0) is 4.79 Å². The number of anilines is 1. The molecule has 0 spiro atoms. The molecule has 2 unspecified atom stereocenters. The highest BCUT2D eigenvalue weighted by Gasteiger charge is 2.31. The number of nitrogens with two attached hydrogens (primary N) is 1. The topological polar surface area (TPSA) is 46.3 Å². The highest BCUT2D eigenvalue weighted by Crippen LogP contribution is 2.27. The molecule has 1 amide bonds. The van der Waals surface area contributed by atoms with E-state index < -0.39 is 0 Å². The lowest BCUT2D eigenvalue weighted by Crippen LogP contribution is -2.38. The maximum absolute atomic E-state index is 12.5. The first-order chi connectivity index (χ1) is 9.49. The highest BCUT2D eigenvalue weighted by atomic mass is 16.2. The molecule has 20 heavy (non-hydrogen) atoms. The summed E-state index contributed by atoms with van der Waals surface area (Å²) in [6, 6.07) is 8.29. The molecule has 1 heterocycles. The van der Waals surface area contributed by atoms with Gasteiger partial charge in [0, 0.05) is 24.7 Å². The van der Waals surface area contributed by atoms with E-state index in [9.17, 15) is 4.79 Å². The zero-order valence-electron chi connectivity index (χ0n) is 12.8. The van der Waals surface area contributed by atoms with Crippen molar-refractivity contribution in [2.45, 2.75) is 52.0 Å². The first kappa shape index (κ1) is 14.9. The molecule has 1 aromatic rings. The number of nitrogen functional groups attached to an aromatic ring is 1. The fourth-order valence-corrected chi connectivity index (χ4v) is 3.12. The van der Waals surface area contributed by atoms with E-state index in [-0.39, 0.29) is 5.92 Å². The van der Waals surface area contributed by atoms with Crippen LogP contribution in [0.25, 0.3) is 0 Å². The molecule has 1 fully saturated rings. The Morgan fingerprint density at radius 2 is 1.95 bits per heavy atom. The van der Waals surface area contributed by atoms with Crippen molar-refractivity contribution < 1.29 is 4.79 Å². The number of hydrogen-bond donors (Lipinski definition) is 1. The molecule has 0 aromatic heterocycles. The van der Waals surface area contributed by atoms with Crippen molar-refractivity contribution in [3.63, 3.8) is 0 Å². The first-order valence-electron chi connectivity index (χ1n) is 7.64. The summed E-state index contributed by atoms with van der Waals surface area (Å²) in [7, 11) is 0. The van der Waals surface area contributed by atoms with Crippen molar-refractivity contribution >= 4 is 11.6 Å². The number of nitrogens with zero attached hydrogens (tertiary/aromatic N) is 1. The number of amides is 1. The zero-order valence-corrected chi connectivity index (χ0v) is 12.8. The number of rotatable bonds is 4. The van der Waals surface area contributed by atoms with E-state index in [1.54, 1.807) is 0 Å². The smallest absolute Gasteiger partial charge is 0.223 e. The monoisotopic (exact) mass is 274 g/mol. The fraction of sp³-hybridized carbons (Fsp3) is 0.588. The second kappa shape index (κ2) is 6.29. The summed E-state index contributed by atoms with van der Waals surface area (Å²) < 4.78 is 0. The zero-order chi connectivity index (χ0) is 14.7. The average Bonchev–Trinajstić information content (AvgIpc) is 2.88. The molecule has 110 valence electrons. The lowest BCUT2D eigenvalue weighted by atomic mass is 9.96. The molecule has 0 saturated carbocycles. The number of carbonyl (C=O) groups is 1. The first-order valence-corrected chi connectivity index (χ1v) is 7.64. The van der Waals surface area contributed by atoms with E-state index in [0.717, 1.165) is 25.1 Å². The minimum atomic E-state index is 0.247. The lowest BCUT2D eigenvalue weighted by molar-refractivity contribution is -0.133. The lowest BCUT2D eigenvalue weighted by Gasteiger charge is -2.28. The molecule has 3 nitrogen and oxygen atoms in total. The third-order valence-electron chi connectivity index (χ3n) is 4.38. The van der Waals surface area contributed by atoms with Crippen LogP contribution in [0.15, 0.2) is 24.3 Å². The van der Waals surface area contributed by atoms with Gasteiger partial charge in [0.2, 0.25) is 5.91 Å². The van der Waals surface area contributed by atoms with Gasteiger partial charge in [-0.2, -0.15) is 0 Å². The molecule has 0 aliphatic carbocycles. The third kappa shape index (κ3) is 3.33. The van der Waals surface area contributed by atoms with Crippen molar-refractivity contribution in [2.75, 3.05) is 12.3 Å². The normalized spacial score (nSPS) is 20.4. The molecule has 1 aromatic carbocycles. The quantitative estimate of drug-likeness (QED) is 0.855. The van der Waals surface area contributed by atoms with Gasteiger partial charge in [0.05, 0.1) is 0 Å². The van der Waals surface area contributed by atoms with E-state index in [0.29, 0.717) is 24.3 Å². The van der Waals surface area contributed by atoms with Gasteiger partial charge < -0.3 is 10.6 Å². The Balaban J connectivity index is 1.98. The highest BCUT2D eigenvalue weighted by molar-refractivity contribution is 5.77. The maximum Gasteiger partial charge on any atom is 0.223 e. The van der Waals surface area contributed by atoms with Crippen LogP contribution < -0.4 is 5.73 Å². The molecule has 1 aliphatic heterocycles. The van der Waals surface area contributed by atoms with Gasteiger partial charge in [0.25, 0.3) is 0 Å². The molecule has 2 rings (SSSR count). The number of likely N-dealkylation sites (tertiary alicyclic amines) is 1. The van der Waals surface area contributed by atoms with E-state index in [1.807, 2.05) is 24.3 Å². The standard InChI is InChI=1S/C17H26N2O/c1-12(2)16-5-4-10-19(16)17(20)11-13(3)14-6-8-15(18)9-7-14/h6-9,12-13,16H,4-5,10-11,18H2,1-3H3. The van der Waals surface area contributed by atoms with Gasteiger partial charge in [-0.3, -0.25) is 4.79 Å². The van der Waals surface area contributed by atoms with Crippen LogP contribution in [0.3, 0.4) is 0 Å². The number of carbonyl (C=O) groups excluding carboxylic acids is 1. The van der Waals surface area contributed by atoms with Crippen molar-refractivity contribution in [1.29, 1.82) is 0 Å². The van der Waals surface area contributed by atoms with Gasteiger partial charge in [-0.1, -0.05) is 32.9 Å². The van der Waals surface area contributed by atoms with Crippen LogP contribution in [0.4, 0.5) is 5.69 Å². The van der Waals surface area contributed by atoms with E-state index in [4.69, 9.17) is 5.73 Å². The average molecular weight is 274 g/mol. The molecule has 1 saturated heterocycles. The molecule has 2 atom stereocenters. The number of hydrogen-bond acceptors (Lipinski definition) is 2. The molecule has 2 N–H and O–H groups in total. The summed E-state index contributed by atoms with van der Waals surface area (Å²) >= 11 is 0. The molecule has 3 heteroatoms. The van der Waals surface area contributed by atoms with Gasteiger partial charge >= 0.3 is 0 Å². The van der Waals surface area contributed by atoms with Gasteiger partial charge in [-0.25, -0.2) is 0 Å². The molecular formula is C17H26N2O. The predicted molar refractivity (Wildman–Crippen MR) is 83.5 cm³/mol. The van der Waals surface area contributed by atoms with Crippen LogP contribution in [0, 0.1) is 5.92 Å². The second-order valence-corrected chi connectivity index (χ2v) is 6.31. The Bertz CT molecular complexity index is 453. The van der Waals surface area contributed by atoms with Gasteiger partial charge in [-0.05, 0) is 42.4 Å². The van der Waals surface area contributed by atoms with Crippen molar-refractivity contribution in [1.82, 2.24) is 4.90 Å². The van der Waals surface area contributed by atoms with Crippen LogP contribution in [0.2, 0.25) is 0 Å². The van der Waals surface area contributed by atoms with Gasteiger partial charge in [-0.15, -0.1) is 0 Å².